The molecule has 1 aromatic heterocycles. The summed E-state index contributed by atoms with van der Waals surface area (Å²) >= 11 is 8.65. The SMILES string of the molecule is CSCCn1c(=NC(=O)c2ccc(SC(C)C)cc2)sc2cc(Br)ccc21. The Hall–Kier alpha value is -1.02. The van der Waals surface area contributed by atoms with Crippen molar-refractivity contribution in [1.82, 2.24) is 4.57 Å². The van der Waals surface area contributed by atoms with Gasteiger partial charge >= 0.3 is 0 Å². The Labute approximate surface area is 180 Å². The summed E-state index contributed by atoms with van der Waals surface area (Å²) in [5.74, 6) is 0.782. The van der Waals surface area contributed by atoms with E-state index in [4.69, 9.17) is 0 Å². The Bertz CT molecular complexity index is 1010. The molecule has 2 aromatic carbocycles. The van der Waals surface area contributed by atoms with E-state index in [-0.39, 0.29) is 5.91 Å². The molecule has 3 rings (SSSR count). The van der Waals surface area contributed by atoms with Gasteiger partial charge in [-0.15, -0.1) is 11.8 Å². The molecule has 0 saturated heterocycles. The van der Waals surface area contributed by atoms with Gasteiger partial charge in [-0.2, -0.15) is 16.8 Å². The highest BCUT2D eigenvalue weighted by Crippen LogP contribution is 2.24. The first-order valence-corrected chi connectivity index (χ1v) is 12.5. The third-order valence-corrected chi connectivity index (χ3v) is 6.98. The molecule has 27 heavy (non-hydrogen) atoms. The number of thiazole rings is 1. The van der Waals surface area contributed by atoms with Crippen LogP contribution in [0.2, 0.25) is 0 Å². The third-order valence-electron chi connectivity index (χ3n) is 3.83. The first-order valence-electron chi connectivity index (χ1n) is 8.61. The highest BCUT2D eigenvalue weighted by molar-refractivity contribution is 9.10. The molecule has 0 bridgehead atoms. The van der Waals surface area contributed by atoms with Gasteiger partial charge in [0.2, 0.25) is 0 Å². The smallest absolute Gasteiger partial charge is 0.279 e. The molecular weight excluding hydrogens is 460 g/mol. The standard InChI is InChI=1S/C20H21BrN2OS3/c1-13(2)26-16-7-4-14(5-8-16)19(24)22-20-23(10-11-25-3)17-9-6-15(21)12-18(17)27-20/h4-9,12-13H,10-11H2,1-3H3. The summed E-state index contributed by atoms with van der Waals surface area (Å²) < 4.78 is 4.30. The van der Waals surface area contributed by atoms with E-state index in [0.717, 1.165) is 31.8 Å². The van der Waals surface area contributed by atoms with E-state index in [9.17, 15) is 4.79 Å². The van der Waals surface area contributed by atoms with Crippen LogP contribution in [0.5, 0.6) is 0 Å². The van der Waals surface area contributed by atoms with Gasteiger partial charge in [-0.05, 0) is 48.7 Å². The predicted octanol–water partition coefficient (Wildman–Crippen LogP) is 6.07. The summed E-state index contributed by atoms with van der Waals surface area (Å²) in [6.45, 7) is 5.15. The van der Waals surface area contributed by atoms with E-state index < -0.39 is 0 Å². The van der Waals surface area contributed by atoms with Crippen LogP contribution in [0.4, 0.5) is 0 Å². The number of nitrogens with zero attached hydrogens (tertiary/aromatic N) is 2. The van der Waals surface area contributed by atoms with Crippen molar-refractivity contribution < 1.29 is 4.79 Å². The summed E-state index contributed by atoms with van der Waals surface area (Å²) in [6, 6.07) is 13.9. The molecule has 0 aliphatic carbocycles. The Kier molecular flexibility index (Phi) is 7.25. The first-order chi connectivity index (χ1) is 13.0. The lowest BCUT2D eigenvalue weighted by molar-refractivity contribution is 0.0998. The minimum atomic E-state index is -0.195. The summed E-state index contributed by atoms with van der Waals surface area (Å²) in [6.07, 6.45) is 2.09. The summed E-state index contributed by atoms with van der Waals surface area (Å²) in [5, 5.41) is 0.518. The number of hydrogen-bond donors (Lipinski definition) is 0. The van der Waals surface area contributed by atoms with Crippen LogP contribution >= 0.6 is 50.8 Å². The molecule has 3 nitrogen and oxygen atoms in total. The van der Waals surface area contributed by atoms with Crippen LogP contribution < -0.4 is 4.80 Å². The van der Waals surface area contributed by atoms with Gasteiger partial charge in [0.15, 0.2) is 4.80 Å². The van der Waals surface area contributed by atoms with E-state index in [1.807, 2.05) is 30.3 Å². The monoisotopic (exact) mass is 480 g/mol. The van der Waals surface area contributed by atoms with E-state index in [1.165, 1.54) is 4.90 Å². The molecule has 0 saturated carbocycles. The Morgan fingerprint density at radius 3 is 2.63 bits per heavy atom. The van der Waals surface area contributed by atoms with Crippen LogP contribution in [-0.2, 0) is 6.54 Å². The fourth-order valence-electron chi connectivity index (χ4n) is 2.63. The van der Waals surface area contributed by atoms with Gasteiger partial charge in [0.05, 0.1) is 10.2 Å². The number of halogens is 1. The number of aryl methyl sites for hydroxylation is 1. The molecule has 0 unspecified atom stereocenters. The van der Waals surface area contributed by atoms with Crippen molar-refractivity contribution in [2.75, 3.05) is 12.0 Å². The lowest BCUT2D eigenvalue weighted by Gasteiger charge is -2.05. The maximum atomic E-state index is 12.7. The molecule has 0 radical (unpaired) electrons. The van der Waals surface area contributed by atoms with E-state index in [0.29, 0.717) is 10.8 Å². The summed E-state index contributed by atoms with van der Waals surface area (Å²) in [5.41, 5.74) is 1.74. The van der Waals surface area contributed by atoms with Gasteiger partial charge in [-0.3, -0.25) is 4.79 Å². The Balaban J connectivity index is 1.97. The number of hydrogen-bond acceptors (Lipinski definition) is 4. The van der Waals surface area contributed by atoms with Gasteiger partial charge in [-0.25, -0.2) is 0 Å². The highest BCUT2D eigenvalue weighted by atomic mass is 79.9. The van der Waals surface area contributed by atoms with Crippen molar-refractivity contribution in [3.63, 3.8) is 0 Å². The average Bonchev–Trinajstić information content (AvgIpc) is 2.96. The number of carbonyl (C=O) groups excluding carboxylic acids is 1. The van der Waals surface area contributed by atoms with Gasteiger partial charge in [-0.1, -0.05) is 41.1 Å². The highest BCUT2D eigenvalue weighted by Gasteiger charge is 2.10. The molecule has 7 heteroatoms. The van der Waals surface area contributed by atoms with Crippen molar-refractivity contribution >= 4 is 66.9 Å². The minimum Gasteiger partial charge on any atom is -0.316 e. The van der Waals surface area contributed by atoms with Crippen LogP contribution in [0.25, 0.3) is 10.2 Å². The number of thioether (sulfide) groups is 2. The number of aromatic nitrogens is 1. The second-order valence-corrected chi connectivity index (χ2v) is 10.8. The number of carbonyl (C=O) groups is 1. The van der Waals surface area contributed by atoms with Gasteiger partial charge < -0.3 is 4.57 Å². The fourth-order valence-corrected chi connectivity index (χ4v) is 5.44. The fraction of sp³-hybridized carbons (Fsp3) is 0.300. The molecule has 0 aliphatic rings. The zero-order valence-corrected chi connectivity index (χ0v) is 19.5. The van der Waals surface area contributed by atoms with Crippen LogP contribution in [0, 0.1) is 0 Å². The quantitative estimate of drug-likeness (QED) is 0.401. The zero-order chi connectivity index (χ0) is 19.4. The Morgan fingerprint density at radius 1 is 1.22 bits per heavy atom. The lowest BCUT2D eigenvalue weighted by atomic mass is 10.2. The van der Waals surface area contributed by atoms with Crippen molar-refractivity contribution in [3.05, 3.63) is 57.3 Å². The number of amides is 1. The van der Waals surface area contributed by atoms with Crippen molar-refractivity contribution in [1.29, 1.82) is 0 Å². The molecule has 1 amide bonds. The normalized spacial score (nSPS) is 12.3. The summed E-state index contributed by atoms with van der Waals surface area (Å²) in [7, 11) is 0. The number of rotatable bonds is 6. The molecule has 0 N–H and O–H groups in total. The summed E-state index contributed by atoms with van der Waals surface area (Å²) in [4.78, 5) is 19.1. The molecule has 0 aliphatic heterocycles. The second-order valence-electron chi connectivity index (χ2n) is 6.25. The van der Waals surface area contributed by atoms with Crippen LogP contribution in [0.15, 0.2) is 56.8 Å². The van der Waals surface area contributed by atoms with Crippen LogP contribution in [0.1, 0.15) is 24.2 Å². The van der Waals surface area contributed by atoms with E-state index in [2.05, 4.69) is 57.7 Å². The molecule has 142 valence electrons. The molecule has 0 spiro atoms. The van der Waals surface area contributed by atoms with Crippen molar-refractivity contribution in [3.8, 4) is 0 Å². The predicted molar refractivity (Wildman–Crippen MR) is 123 cm³/mol. The third kappa shape index (κ3) is 5.28. The number of fused-ring (bicyclic) bond motifs is 1. The second kappa shape index (κ2) is 9.45. The van der Waals surface area contributed by atoms with Crippen molar-refractivity contribution in [2.24, 2.45) is 4.99 Å². The molecule has 1 heterocycles. The Morgan fingerprint density at radius 2 is 1.96 bits per heavy atom. The molecule has 0 fully saturated rings. The first kappa shape index (κ1) is 20.7. The maximum absolute atomic E-state index is 12.7. The number of benzene rings is 2. The van der Waals surface area contributed by atoms with Crippen LogP contribution in [0.3, 0.4) is 0 Å². The van der Waals surface area contributed by atoms with E-state index in [1.54, 1.807) is 34.9 Å². The van der Waals surface area contributed by atoms with Crippen LogP contribution in [-0.4, -0.2) is 27.7 Å². The van der Waals surface area contributed by atoms with Crippen molar-refractivity contribution in [2.45, 2.75) is 30.5 Å². The topological polar surface area (TPSA) is 34.4 Å². The van der Waals surface area contributed by atoms with Gasteiger partial charge in [0.25, 0.3) is 5.91 Å². The zero-order valence-electron chi connectivity index (χ0n) is 15.4. The molecular formula is C20H21BrN2OS3. The average molecular weight is 482 g/mol. The van der Waals surface area contributed by atoms with E-state index >= 15 is 0 Å². The molecule has 0 atom stereocenters. The van der Waals surface area contributed by atoms with Gasteiger partial charge in [0.1, 0.15) is 0 Å². The maximum Gasteiger partial charge on any atom is 0.279 e. The lowest BCUT2D eigenvalue weighted by Crippen LogP contribution is -2.18. The minimum absolute atomic E-state index is 0.195. The van der Waals surface area contributed by atoms with Gasteiger partial charge in [0, 0.05) is 32.5 Å². The largest absolute Gasteiger partial charge is 0.316 e. The molecule has 3 aromatic rings.